The molecule has 2 aromatic heterocycles. The average Bonchev–Trinajstić information content (AvgIpc) is 2.60. The van der Waals surface area contributed by atoms with Gasteiger partial charge in [-0.2, -0.15) is 18.3 Å². The number of alkyl halides is 3. The second-order valence-corrected chi connectivity index (χ2v) is 4.47. The Labute approximate surface area is 106 Å². The Hall–Kier alpha value is -2.11. The van der Waals surface area contributed by atoms with Crippen LogP contribution in [-0.4, -0.2) is 14.8 Å². The summed E-state index contributed by atoms with van der Waals surface area (Å²) < 4.78 is 39.6. The lowest BCUT2D eigenvalue weighted by Crippen LogP contribution is -2.04. The van der Waals surface area contributed by atoms with E-state index in [1.54, 1.807) is 11.7 Å². The Kier molecular flexibility index (Phi) is 2.32. The van der Waals surface area contributed by atoms with Crippen LogP contribution in [0.5, 0.6) is 0 Å². The highest BCUT2D eigenvalue weighted by molar-refractivity contribution is 5.92. The summed E-state index contributed by atoms with van der Waals surface area (Å²) in [6, 6.07) is 5.40. The van der Waals surface area contributed by atoms with Crippen LogP contribution in [-0.2, 0) is 13.2 Å². The number of rotatable bonds is 0. The van der Waals surface area contributed by atoms with Gasteiger partial charge in [0.25, 0.3) is 0 Å². The maximum absolute atomic E-state index is 12.7. The first-order valence-electron chi connectivity index (χ1n) is 5.67. The quantitative estimate of drug-likeness (QED) is 0.623. The van der Waals surface area contributed by atoms with Gasteiger partial charge in [0.05, 0.1) is 16.8 Å². The molecule has 0 spiro atoms. The minimum atomic E-state index is -4.35. The monoisotopic (exact) mass is 265 g/mol. The Morgan fingerprint density at radius 1 is 1.16 bits per heavy atom. The summed E-state index contributed by atoms with van der Waals surface area (Å²) in [5.41, 5.74) is 1.03. The normalized spacial score (nSPS) is 12.5. The lowest BCUT2D eigenvalue weighted by molar-refractivity contribution is -0.137. The van der Waals surface area contributed by atoms with Crippen LogP contribution in [0.1, 0.15) is 11.3 Å². The van der Waals surface area contributed by atoms with Gasteiger partial charge in [-0.3, -0.25) is 4.68 Å². The van der Waals surface area contributed by atoms with Gasteiger partial charge >= 0.3 is 6.18 Å². The molecular weight excluding hydrogens is 255 g/mol. The van der Waals surface area contributed by atoms with Crippen LogP contribution < -0.4 is 0 Å². The fourth-order valence-electron chi connectivity index (χ4n) is 2.17. The van der Waals surface area contributed by atoms with Crippen molar-refractivity contribution in [3.8, 4) is 0 Å². The molecule has 0 saturated carbocycles. The summed E-state index contributed by atoms with van der Waals surface area (Å²) in [4.78, 5) is 4.27. The SMILES string of the molecule is Cc1nn(C)c2nc3cc(C(F)(F)F)ccc3cc12. The summed E-state index contributed by atoms with van der Waals surface area (Å²) in [6.07, 6.45) is -4.35. The number of nitrogens with zero attached hydrogens (tertiary/aromatic N) is 3. The largest absolute Gasteiger partial charge is 0.416 e. The summed E-state index contributed by atoms with van der Waals surface area (Å²) in [5.74, 6) is 0. The van der Waals surface area contributed by atoms with Crippen LogP contribution in [0.4, 0.5) is 13.2 Å². The molecule has 0 aliphatic heterocycles. The van der Waals surface area contributed by atoms with Crippen LogP contribution in [0.2, 0.25) is 0 Å². The molecule has 0 aliphatic rings. The zero-order chi connectivity index (χ0) is 13.8. The predicted molar refractivity (Wildman–Crippen MR) is 65.8 cm³/mol. The van der Waals surface area contributed by atoms with Crippen LogP contribution >= 0.6 is 0 Å². The molecule has 3 aromatic rings. The summed E-state index contributed by atoms with van der Waals surface area (Å²) in [7, 11) is 1.72. The second kappa shape index (κ2) is 3.69. The van der Waals surface area contributed by atoms with Gasteiger partial charge in [-0.25, -0.2) is 4.98 Å². The lowest BCUT2D eigenvalue weighted by atomic mass is 10.1. The number of aromatic nitrogens is 3. The highest BCUT2D eigenvalue weighted by Gasteiger charge is 2.30. The maximum Gasteiger partial charge on any atom is 0.416 e. The molecule has 19 heavy (non-hydrogen) atoms. The third-order valence-corrected chi connectivity index (χ3v) is 3.12. The van der Waals surface area contributed by atoms with Crippen LogP contribution in [0.15, 0.2) is 24.3 Å². The molecule has 0 bridgehead atoms. The molecule has 6 heteroatoms. The minimum absolute atomic E-state index is 0.324. The van der Waals surface area contributed by atoms with Crippen molar-refractivity contribution < 1.29 is 13.2 Å². The first-order valence-corrected chi connectivity index (χ1v) is 5.67. The second-order valence-electron chi connectivity index (χ2n) is 4.47. The zero-order valence-corrected chi connectivity index (χ0v) is 10.3. The molecular formula is C13H10F3N3. The Morgan fingerprint density at radius 3 is 2.58 bits per heavy atom. The van der Waals surface area contributed by atoms with Crippen LogP contribution in [0, 0.1) is 6.92 Å². The third kappa shape index (κ3) is 1.83. The molecule has 0 amide bonds. The molecule has 0 unspecified atom stereocenters. The highest BCUT2D eigenvalue weighted by Crippen LogP contribution is 2.32. The van der Waals surface area contributed by atoms with Gasteiger partial charge in [-0.05, 0) is 25.1 Å². The van der Waals surface area contributed by atoms with Crippen molar-refractivity contribution in [1.82, 2.24) is 14.8 Å². The van der Waals surface area contributed by atoms with E-state index >= 15 is 0 Å². The molecule has 98 valence electrons. The van der Waals surface area contributed by atoms with Crippen molar-refractivity contribution in [1.29, 1.82) is 0 Å². The first-order chi connectivity index (χ1) is 8.86. The van der Waals surface area contributed by atoms with Gasteiger partial charge < -0.3 is 0 Å². The Balaban J connectivity index is 2.34. The van der Waals surface area contributed by atoms with Gasteiger partial charge in [-0.1, -0.05) is 6.07 Å². The molecule has 0 saturated heterocycles. The molecule has 3 nitrogen and oxygen atoms in total. The fraction of sp³-hybridized carbons (Fsp3) is 0.231. The Morgan fingerprint density at radius 2 is 1.89 bits per heavy atom. The van der Waals surface area contributed by atoms with Gasteiger partial charge in [-0.15, -0.1) is 0 Å². The molecule has 0 aliphatic carbocycles. The van der Waals surface area contributed by atoms with Crippen molar-refractivity contribution in [2.75, 3.05) is 0 Å². The lowest BCUT2D eigenvalue weighted by Gasteiger charge is -2.07. The smallest absolute Gasteiger partial charge is 0.250 e. The molecule has 0 radical (unpaired) electrons. The number of hydrogen-bond donors (Lipinski definition) is 0. The van der Waals surface area contributed by atoms with E-state index in [1.165, 1.54) is 6.07 Å². The number of pyridine rings is 1. The fourth-order valence-corrected chi connectivity index (χ4v) is 2.17. The van der Waals surface area contributed by atoms with Crippen LogP contribution in [0.25, 0.3) is 21.9 Å². The van der Waals surface area contributed by atoms with E-state index in [0.29, 0.717) is 16.6 Å². The van der Waals surface area contributed by atoms with Crippen molar-refractivity contribution in [2.24, 2.45) is 7.05 Å². The van der Waals surface area contributed by atoms with Gasteiger partial charge in [0.15, 0.2) is 5.65 Å². The summed E-state index contributed by atoms with van der Waals surface area (Å²) >= 11 is 0. The molecule has 0 fully saturated rings. The van der Waals surface area contributed by atoms with E-state index in [1.807, 2.05) is 13.0 Å². The summed E-state index contributed by atoms with van der Waals surface area (Å²) in [6.45, 7) is 1.85. The number of halogens is 3. The topological polar surface area (TPSA) is 30.7 Å². The van der Waals surface area contributed by atoms with E-state index in [2.05, 4.69) is 10.1 Å². The van der Waals surface area contributed by atoms with E-state index in [0.717, 1.165) is 23.2 Å². The van der Waals surface area contributed by atoms with Crippen molar-refractivity contribution in [3.05, 3.63) is 35.5 Å². The molecule has 3 rings (SSSR count). The average molecular weight is 265 g/mol. The van der Waals surface area contributed by atoms with Crippen molar-refractivity contribution >= 4 is 21.9 Å². The highest BCUT2D eigenvalue weighted by atomic mass is 19.4. The number of aryl methyl sites for hydroxylation is 2. The van der Waals surface area contributed by atoms with E-state index in [9.17, 15) is 13.2 Å². The zero-order valence-electron chi connectivity index (χ0n) is 10.3. The summed E-state index contributed by atoms with van der Waals surface area (Å²) in [5, 5.41) is 5.75. The van der Waals surface area contributed by atoms with E-state index in [-0.39, 0.29) is 0 Å². The molecule has 0 atom stereocenters. The van der Waals surface area contributed by atoms with E-state index in [4.69, 9.17) is 0 Å². The Bertz CT molecular complexity index is 787. The number of fused-ring (bicyclic) bond motifs is 2. The van der Waals surface area contributed by atoms with Gasteiger partial charge in [0.2, 0.25) is 0 Å². The third-order valence-electron chi connectivity index (χ3n) is 3.12. The van der Waals surface area contributed by atoms with Gasteiger partial charge in [0.1, 0.15) is 0 Å². The number of benzene rings is 1. The molecule has 0 N–H and O–H groups in total. The van der Waals surface area contributed by atoms with Crippen molar-refractivity contribution in [3.63, 3.8) is 0 Å². The molecule has 1 aromatic carbocycles. The van der Waals surface area contributed by atoms with Gasteiger partial charge in [0, 0.05) is 17.8 Å². The molecule has 2 heterocycles. The first kappa shape index (κ1) is 12.0. The van der Waals surface area contributed by atoms with E-state index < -0.39 is 11.7 Å². The predicted octanol–water partition coefficient (Wildman–Crippen LogP) is 3.45. The maximum atomic E-state index is 12.7. The minimum Gasteiger partial charge on any atom is -0.250 e. The standard InChI is InChI=1S/C13H10F3N3/c1-7-10-5-8-3-4-9(13(14,15)16)6-11(8)17-12(10)19(2)18-7/h3-6H,1-2H3. The van der Waals surface area contributed by atoms with Crippen molar-refractivity contribution in [2.45, 2.75) is 13.1 Å². The van der Waals surface area contributed by atoms with Crippen LogP contribution in [0.3, 0.4) is 0 Å². The number of hydrogen-bond acceptors (Lipinski definition) is 2.